The fourth-order valence-corrected chi connectivity index (χ4v) is 1.79. The zero-order valence-electron chi connectivity index (χ0n) is 6.77. The lowest BCUT2D eigenvalue weighted by atomic mass is 10.1. The molecule has 0 bridgehead atoms. The van der Waals surface area contributed by atoms with Gasteiger partial charge in [0.25, 0.3) is 6.43 Å². The van der Waals surface area contributed by atoms with Gasteiger partial charge in [-0.1, -0.05) is 0 Å². The van der Waals surface area contributed by atoms with Crippen LogP contribution in [0.5, 0.6) is 0 Å². The quantitative estimate of drug-likeness (QED) is 0.779. The maximum absolute atomic E-state index is 12.6. The van der Waals surface area contributed by atoms with Crippen molar-refractivity contribution in [1.29, 1.82) is 5.26 Å². The van der Waals surface area contributed by atoms with E-state index in [0.717, 1.165) is 0 Å². The first-order chi connectivity index (χ1) is 6.61. The van der Waals surface area contributed by atoms with E-state index in [-0.39, 0.29) is 27.2 Å². The van der Waals surface area contributed by atoms with E-state index in [1.54, 1.807) is 6.07 Å². The first-order valence-electron chi connectivity index (χ1n) is 3.53. The van der Waals surface area contributed by atoms with E-state index < -0.39 is 6.43 Å². The van der Waals surface area contributed by atoms with Crippen molar-refractivity contribution in [2.24, 2.45) is 0 Å². The van der Waals surface area contributed by atoms with Crippen LogP contribution in [0.25, 0.3) is 0 Å². The van der Waals surface area contributed by atoms with Crippen LogP contribution >= 0.6 is 27.5 Å². The van der Waals surface area contributed by atoms with Crippen molar-refractivity contribution in [3.63, 3.8) is 0 Å². The summed E-state index contributed by atoms with van der Waals surface area (Å²) in [6, 6.07) is 1.71. The number of alkyl halides is 3. The average Bonchev–Trinajstić information content (AvgIpc) is 2.16. The number of aromatic nitrogens is 1. The van der Waals surface area contributed by atoms with Crippen LogP contribution in [0.3, 0.4) is 0 Å². The van der Waals surface area contributed by atoms with Gasteiger partial charge in [-0.2, -0.15) is 5.26 Å². The SMILES string of the molecule is N#Cc1ncc(CCl)c(C(F)F)c1Br. The van der Waals surface area contributed by atoms with Crippen molar-refractivity contribution in [3.8, 4) is 6.07 Å². The Morgan fingerprint density at radius 2 is 2.29 bits per heavy atom. The van der Waals surface area contributed by atoms with E-state index >= 15 is 0 Å². The minimum Gasteiger partial charge on any atom is -0.244 e. The summed E-state index contributed by atoms with van der Waals surface area (Å²) in [6.07, 6.45) is -1.48. The monoisotopic (exact) mass is 280 g/mol. The lowest BCUT2D eigenvalue weighted by molar-refractivity contribution is 0.149. The van der Waals surface area contributed by atoms with Crippen LogP contribution in [-0.2, 0) is 5.88 Å². The Hall–Kier alpha value is -0.730. The van der Waals surface area contributed by atoms with E-state index in [1.807, 2.05) is 0 Å². The standard InChI is InChI=1S/C8H4BrClF2N2/c9-7-5(2-13)14-3-4(1-10)6(7)8(11)12/h3,8H,1H2. The van der Waals surface area contributed by atoms with Gasteiger partial charge in [0.2, 0.25) is 0 Å². The second kappa shape index (κ2) is 4.67. The molecule has 1 rings (SSSR count). The zero-order valence-corrected chi connectivity index (χ0v) is 9.11. The Balaban J connectivity index is 3.41. The highest BCUT2D eigenvalue weighted by Crippen LogP contribution is 2.32. The average molecular weight is 281 g/mol. The molecule has 0 aromatic carbocycles. The van der Waals surface area contributed by atoms with Crippen molar-refractivity contribution in [1.82, 2.24) is 4.98 Å². The molecule has 6 heteroatoms. The number of rotatable bonds is 2. The Kier molecular flexibility index (Phi) is 3.78. The molecule has 14 heavy (non-hydrogen) atoms. The first kappa shape index (κ1) is 11.3. The molecule has 0 unspecified atom stereocenters. The number of halogens is 4. The van der Waals surface area contributed by atoms with E-state index in [0.29, 0.717) is 0 Å². The van der Waals surface area contributed by atoms with Crippen molar-refractivity contribution in [2.45, 2.75) is 12.3 Å². The fourth-order valence-electron chi connectivity index (χ4n) is 0.958. The predicted octanol–water partition coefficient (Wildman–Crippen LogP) is 3.39. The second-order valence-electron chi connectivity index (χ2n) is 2.41. The van der Waals surface area contributed by atoms with Crippen molar-refractivity contribution >= 4 is 27.5 Å². The third kappa shape index (κ3) is 2.02. The molecule has 0 aliphatic carbocycles. The number of hydrogen-bond acceptors (Lipinski definition) is 2. The van der Waals surface area contributed by atoms with Crippen molar-refractivity contribution in [3.05, 3.63) is 27.5 Å². The van der Waals surface area contributed by atoms with E-state index in [2.05, 4.69) is 20.9 Å². The lowest BCUT2D eigenvalue weighted by Crippen LogP contribution is -1.99. The van der Waals surface area contributed by atoms with Crippen LogP contribution < -0.4 is 0 Å². The summed E-state index contributed by atoms with van der Waals surface area (Å²) < 4.78 is 25.2. The Morgan fingerprint density at radius 1 is 1.64 bits per heavy atom. The van der Waals surface area contributed by atoms with Gasteiger partial charge in [0, 0.05) is 17.6 Å². The van der Waals surface area contributed by atoms with Crippen molar-refractivity contribution < 1.29 is 8.78 Å². The molecule has 2 nitrogen and oxygen atoms in total. The van der Waals surface area contributed by atoms with Gasteiger partial charge in [-0.3, -0.25) is 0 Å². The van der Waals surface area contributed by atoms with Gasteiger partial charge in [-0.15, -0.1) is 11.6 Å². The van der Waals surface area contributed by atoms with Gasteiger partial charge in [-0.05, 0) is 21.5 Å². The van der Waals surface area contributed by atoms with Gasteiger partial charge in [0.1, 0.15) is 6.07 Å². The highest BCUT2D eigenvalue weighted by Gasteiger charge is 2.19. The summed E-state index contributed by atoms with van der Waals surface area (Å²) in [6.45, 7) is 0. The maximum Gasteiger partial charge on any atom is 0.265 e. The van der Waals surface area contributed by atoms with Gasteiger partial charge < -0.3 is 0 Å². The highest BCUT2D eigenvalue weighted by atomic mass is 79.9. The molecule has 0 atom stereocenters. The fraction of sp³-hybridized carbons (Fsp3) is 0.250. The molecule has 0 saturated heterocycles. The molecule has 0 radical (unpaired) electrons. The molecular formula is C8H4BrClF2N2. The van der Waals surface area contributed by atoms with Crippen LogP contribution in [-0.4, -0.2) is 4.98 Å². The third-order valence-corrected chi connectivity index (χ3v) is 2.70. The number of pyridine rings is 1. The van der Waals surface area contributed by atoms with E-state index in [1.165, 1.54) is 6.20 Å². The van der Waals surface area contributed by atoms with Crippen LogP contribution in [0.15, 0.2) is 10.7 Å². The Labute approximate surface area is 92.6 Å². The Morgan fingerprint density at radius 3 is 2.71 bits per heavy atom. The normalized spacial score (nSPS) is 10.3. The van der Waals surface area contributed by atoms with Gasteiger partial charge in [0.05, 0.1) is 4.47 Å². The van der Waals surface area contributed by atoms with Gasteiger partial charge in [0.15, 0.2) is 5.69 Å². The molecule has 1 aromatic rings. The molecule has 74 valence electrons. The van der Waals surface area contributed by atoms with Crippen LogP contribution in [0.4, 0.5) is 8.78 Å². The molecule has 0 fully saturated rings. The summed E-state index contributed by atoms with van der Waals surface area (Å²) in [7, 11) is 0. The topological polar surface area (TPSA) is 36.7 Å². The zero-order chi connectivity index (χ0) is 10.7. The molecule has 0 aliphatic heterocycles. The summed E-state index contributed by atoms with van der Waals surface area (Å²) in [5.41, 5.74) is -0.0896. The highest BCUT2D eigenvalue weighted by molar-refractivity contribution is 9.10. The lowest BCUT2D eigenvalue weighted by Gasteiger charge is -2.08. The first-order valence-corrected chi connectivity index (χ1v) is 4.86. The molecule has 0 spiro atoms. The molecule has 0 aliphatic rings. The summed E-state index contributed by atoms with van der Waals surface area (Å²) in [4.78, 5) is 3.68. The smallest absolute Gasteiger partial charge is 0.244 e. The van der Waals surface area contributed by atoms with Crippen molar-refractivity contribution in [2.75, 3.05) is 0 Å². The van der Waals surface area contributed by atoms with Crippen LogP contribution in [0.1, 0.15) is 23.2 Å². The molecular weight excluding hydrogens is 277 g/mol. The molecule has 0 amide bonds. The number of nitrogens with zero attached hydrogens (tertiary/aromatic N) is 2. The van der Waals surface area contributed by atoms with Gasteiger partial charge >= 0.3 is 0 Å². The maximum atomic E-state index is 12.6. The second-order valence-corrected chi connectivity index (χ2v) is 3.47. The van der Waals surface area contributed by atoms with Gasteiger partial charge in [-0.25, -0.2) is 13.8 Å². The summed E-state index contributed by atoms with van der Waals surface area (Å²) in [5, 5.41) is 8.57. The van der Waals surface area contributed by atoms with E-state index in [9.17, 15) is 8.78 Å². The molecule has 0 saturated carbocycles. The predicted molar refractivity (Wildman–Crippen MR) is 51.2 cm³/mol. The minimum atomic E-state index is -2.67. The largest absolute Gasteiger partial charge is 0.265 e. The summed E-state index contributed by atoms with van der Waals surface area (Å²) in [5.74, 6) is -0.0585. The number of hydrogen-bond donors (Lipinski definition) is 0. The Bertz CT molecular complexity index is 390. The summed E-state index contributed by atoms with van der Waals surface area (Å²) >= 11 is 8.38. The molecule has 1 aromatic heterocycles. The van der Waals surface area contributed by atoms with E-state index in [4.69, 9.17) is 16.9 Å². The number of nitriles is 1. The molecule has 1 heterocycles. The minimum absolute atomic E-state index is 0.0214. The molecule has 0 N–H and O–H groups in total. The van der Waals surface area contributed by atoms with Crippen LogP contribution in [0.2, 0.25) is 0 Å². The third-order valence-electron chi connectivity index (χ3n) is 1.61. The van der Waals surface area contributed by atoms with Crippen LogP contribution in [0, 0.1) is 11.3 Å².